The lowest BCUT2D eigenvalue weighted by atomic mass is 9.82. The fraction of sp³-hybridized carbons (Fsp3) is 0.462. The third-order valence-electron chi connectivity index (χ3n) is 6.73. The Morgan fingerprint density at radius 1 is 1.06 bits per heavy atom. The standard InChI is InChI=1S/C26H34N4O/c1-20-18-30(16-14-24(20)21-9-4-3-5-10-21)26(27-2)28-17-22-11-6-7-12-23(22)19-29-15-8-13-25(29)31/h3-7,9-12,20,24H,8,13-19H2,1-2H3,(H,27,28). The Kier molecular flexibility index (Phi) is 6.90. The van der Waals surface area contributed by atoms with Crippen molar-refractivity contribution in [2.24, 2.45) is 10.9 Å². The minimum absolute atomic E-state index is 0.272. The molecule has 5 heteroatoms. The van der Waals surface area contributed by atoms with Gasteiger partial charge in [0.05, 0.1) is 0 Å². The van der Waals surface area contributed by atoms with Crippen molar-refractivity contribution in [3.63, 3.8) is 0 Å². The number of carbonyl (C=O) groups excluding carboxylic acids is 1. The molecule has 2 aliphatic rings. The summed E-state index contributed by atoms with van der Waals surface area (Å²) in [5.74, 6) is 2.41. The summed E-state index contributed by atoms with van der Waals surface area (Å²) in [6, 6.07) is 19.3. The van der Waals surface area contributed by atoms with Crippen LogP contribution in [0.3, 0.4) is 0 Å². The summed E-state index contributed by atoms with van der Waals surface area (Å²) in [6.45, 7) is 6.65. The maximum Gasteiger partial charge on any atom is 0.222 e. The van der Waals surface area contributed by atoms with E-state index in [9.17, 15) is 4.79 Å². The van der Waals surface area contributed by atoms with Crippen molar-refractivity contribution in [3.05, 3.63) is 71.3 Å². The van der Waals surface area contributed by atoms with E-state index in [1.807, 2.05) is 11.9 Å². The number of hydrogen-bond acceptors (Lipinski definition) is 2. The molecule has 0 bridgehead atoms. The predicted octanol–water partition coefficient (Wildman–Crippen LogP) is 4.01. The molecule has 31 heavy (non-hydrogen) atoms. The lowest BCUT2D eigenvalue weighted by Gasteiger charge is -2.39. The SMILES string of the molecule is CN=C(NCc1ccccc1CN1CCCC1=O)N1CCC(c2ccccc2)C(C)C1. The van der Waals surface area contributed by atoms with Gasteiger partial charge in [-0.1, -0.05) is 61.5 Å². The number of amides is 1. The van der Waals surface area contributed by atoms with Gasteiger partial charge in [-0.15, -0.1) is 0 Å². The summed E-state index contributed by atoms with van der Waals surface area (Å²) < 4.78 is 0. The summed E-state index contributed by atoms with van der Waals surface area (Å²) in [5, 5.41) is 3.58. The second kappa shape index (κ2) is 9.99. The fourth-order valence-corrected chi connectivity index (χ4v) is 5.00. The van der Waals surface area contributed by atoms with E-state index in [4.69, 9.17) is 0 Å². The molecular formula is C26H34N4O. The number of nitrogens with zero attached hydrogens (tertiary/aromatic N) is 3. The monoisotopic (exact) mass is 418 g/mol. The average Bonchev–Trinajstić information content (AvgIpc) is 3.20. The first-order valence-electron chi connectivity index (χ1n) is 11.5. The number of guanidine groups is 1. The van der Waals surface area contributed by atoms with Crippen LogP contribution in [-0.4, -0.2) is 48.3 Å². The largest absolute Gasteiger partial charge is 0.352 e. The molecule has 0 saturated carbocycles. The molecule has 5 nitrogen and oxygen atoms in total. The van der Waals surface area contributed by atoms with Gasteiger partial charge < -0.3 is 15.1 Å². The van der Waals surface area contributed by atoms with Crippen molar-refractivity contribution >= 4 is 11.9 Å². The van der Waals surface area contributed by atoms with Gasteiger partial charge in [0.15, 0.2) is 5.96 Å². The lowest BCUT2D eigenvalue weighted by Crippen LogP contribution is -2.47. The number of carbonyl (C=O) groups is 1. The zero-order valence-electron chi connectivity index (χ0n) is 18.8. The molecule has 0 spiro atoms. The minimum Gasteiger partial charge on any atom is -0.352 e. The van der Waals surface area contributed by atoms with Gasteiger partial charge >= 0.3 is 0 Å². The van der Waals surface area contributed by atoms with E-state index in [0.717, 1.165) is 45.0 Å². The van der Waals surface area contributed by atoms with Gasteiger partial charge in [-0.3, -0.25) is 9.79 Å². The molecule has 2 unspecified atom stereocenters. The fourth-order valence-electron chi connectivity index (χ4n) is 5.00. The molecule has 2 fully saturated rings. The molecule has 2 aromatic carbocycles. The number of likely N-dealkylation sites (tertiary alicyclic amines) is 2. The Morgan fingerprint density at radius 2 is 1.81 bits per heavy atom. The van der Waals surface area contributed by atoms with Crippen molar-refractivity contribution in [2.45, 2.75) is 45.2 Å². The van der Waals surface area contributed by atoms with E-state index in [0.29, 0.717) is 24.8 Å². The number of aliphatic imine (C=N–C) groups is 1. The average molecular weight is 419 g/mol. The number of hydrogen-bond donors (Lipinski definition) is 1. The van der Waals surface area contributed by atoms with Crippen LogP contribution >= 0.6 is 0 Å². The molecule has 2 saturated heterocycles. The molecule has 4 rings (SSSR count). The summed E-state index contributed by atoms with van der Waals surface area (Å²) in [6.07, 6.45) is 2.80. The molecule has 1 amide bonds. The van der Waals surface area contributed by atoms with Crippen LogP contribution in [-0.2, 0) is 17.9 Å². The van der Waals surface area contributed by atoms with E-state index in [1.165, 1.54) is 16.7 Å². The second-order valence-electron chi connectivity index (χ2n) is 8.82. The van der Waals surface area contributed by atoms with Crippen LogP contribution in [0.5, 0.6) is 0 Å². The maximum absolute atomic E-state index is 12.1. The van der Waals surface area contributed by atoms with Crippen molar-refractivity contribution in [1.82, 2.24) is 15.1 Å². The van der Waals surface area contributed by atoms with Crippen molar-refractivity contribution in [1.29, 1.82) is 0 Å². The van der Waals surface area contributed by atoms with Gasteiger partial charge in [0.25, 0.3) is 0 Å². The number of rotatable bonds is 5. The molecule has 2 heterocycles. The highest BCUT2D eigenvalue weighted by molar-refractivity contribution is 5.80. The Hall–Kier alpha value is -2.82. The van der Waals surface area contributed by atoms with E-state index in [2.05, 4.69) is 76.7 Å². The van der Waals surface area contributed by atoms with E-state index in [1.54, 1.807) is 0 Å². The highest BCUT2D eigenvalue weighted by Gasteiger charge is 2.28. The van der Waals surface area contributed by atoms with Gasteiger partial charge in [0.2, 0.25) is 5.91 Å². The quantitative estimate of drug-likeness (QED) is 0.590. The van der Waals surface area contributed by atoms with Crippen LogP contribution in [0.25, 0.3) is 0 Å². The highest BCUT2D eigenvalue weighted by Crippen LogP contribution is 2.32. The van der Waals surface area contributed by atoms with Crippen LogP contribution in [0.2, 0.25) is 0 Å². The number of piperidine rings is 1. The Morgan fingerprint density at radius 3 is 2.48 bits per heavy atom. The van der Waals surface area contributed by atoms with Crippen molar-refractivity contribution in [2.75, 3.05) is 26.7 Å². The molecule has 2 aromatic rings. The third-order valence-corrected chi connectivity index (χ3v) is 6.73. The minimum atomic E-state index is 0.272. The van der Waals surface area contributed by atoms with E-state index < -0.39 is 0 Å². The molecule has 0 aliphatic carbocycles. The van der Waals surface area contributed by atoms with Gasteiger partial charge in [-0.25, -0.2) is 0 Å². The Balaban J connectivity index is 1.37. The van der Waals surface area contributed by atoms with Gasteiger partial charge in [0.1, 0.15) is 0 Å². The lowest BCUT2D eigenvalue weighted by molar-refractivity contribution is -0.128. The zero-order valence-corrected chi connectivity index (χ0v) is 18.8. The summed E-state index contributed by atoms with van der Waals surface area (Å²) in [4.78, 5) is 21.0. The predicted molar refractivity (Wildman–Crippen MR) is 126 cm³/mol. The normalized spacial score (nSPS) is 22.1. The molecule has 0 radical (unpaired) electrons. The van der Waals surface area contributed by atoms with Crippen LogP contribution in [0.4, 0.5) is 0 Å². The first-order valence-corrected chi connectivity index (χ1v) is 11.5. The summed E-state index contributed by atoms with van der Waals surface area (Å²) in [7, 11) is 1.87. The second-order valence-corrected chi connectivity index (χ2v) is 8.82. The van der Waals surface area contributed by atoms with Gasteiger partial charge in [-0.05, 0) is 41.4 Å². The maximum atomic E-state index is 12.1. The van der Waals surface area contributed by atoms with Crippen LogP contribution in [0, 0.1) is 5.92 Å². The summed E-state index contributed by atoms with van der Waals surface area (Å²) >= 11 is 0. The first kappa shape index (κ1) is 21.4. The molecule has 164 valence electrons. The molecule has 2 aliphatic heterocycles. The molecular weight excluding hydrogens is 384 g/mol. The Bertz CT molecular complexity index is 911. The van der Waals surface area contributed by atoms with Crippen molar-refractivity contribution < 1.29 is 4.79 Å². The highest BCUT2D eigenvalue weighted by atomic mass is 16.2. The molecule has 0 aromatic heterocycles. The number of nitrogens with one attached hydrogen (secondary N) is 1. The van der Waals surface area contributed by atoms with Crippen molar-refractivity contribution in [3.8, 4) is 0 Å². The van der Waals surface area contributed by atoms with Crippen LogP contribution in [0.1, 0.15) is 48.8 Å². The summed E-state index contributed by atoms with van der Waals surface area (Å²) in [5.41, 5.74) is 3.90. The molecule has 1 N–H and O–H groups in total. The van der Waals surface area contributed by atoms with Crippen LogP contribution in [0.15, 0.2) is 59.6 Å². The van der Waals surface area contributed by atoms with Crippen LogP contribution < -0.4 is 5.32 Å². The third kappa shape index (κ3) is 5.09. The van der Waals surface area contributed by atoms with E-state index in [-0.39, 0.29) is 5.91 Å². The zero-order chi connectivity index (χ0) is 21.6. The smallest absolute Gasteiger partial charge is 0.222 e. The molecule has 2 atom stereocenters. The first-order chi connectivity index (χ1) is 15.2. The topological polar surface area (TPSA) is 47.9 Å². The Labute approximate surface area is 186 Å². The van der Waals surface area contributed by atoms with Gasteiger partial charge in [-0.2, -0.15) is 0 Å². The number of benzene rings is 2. The van der Waals surface area contributed by atoms with E-state index >= 15 is 0 Å². The van der Waals surface area contributed by atoms with Gasteiger partial charge in [0, 0.05) is 46.2 Å².